The van der Waals surface area contributed by atoms with Crippen LogP contribution in [0.5, 0.6) is 0 Å². The summed E-state index contributed by atoms with van der Waals surface area (Å²) in [5, 5.41) is 11.7. The molecule has 5 nitrogen and oxygen atoms in total. The highest BCUT2D eigenvalue weighted by Crippen LogP contribution is 2.22. The second-order valence-electron chi connectivity index (χ2n) is 4.74. The van der Waals surface area contributed by atoms with Crippen molar-refractivity contribution in [1.82, 2.24) is 4.90 Å². The van der Waals surface area contributed by atoms with Crippen LogP contribution in [0, 0.1) is 11.7 Å². The van der Waals surface area contributed by atoms with Crippen molar-refractivity contribution in [3.05, 3.63) is 34.1 Å². The van der Waals surface area contributed by atoms with Crippen LogP contribution in [0.15, 0.2) is 27.8 Å². The van der Waals surface area contributed by atoms with Gasteiger partial charge in [0.1, 0.15) is 11.7 Å². The van der Waals surface area contributed by atoms with Gasteiger partial charge in [-0.1, -0.05) is 21.1 Å². The summed E-state index contributed by atoms with van der Waals surface area (Å²) in [4.78, 5) is 13.9. The van der Waals surface area contributed by atoms with Crippen LogP contribution in [0.2, 0.25) is 0 Å². The van der Waals surface area contributed by atoms with Gasteiger partial charge in [-0.3, -0.25) is 4.79 Å². The van der Waals surface area contributed by atoms with Gasteiger partial charge in [-0.05, 0) is 31.0 Å². The van der Waals surface area contributed by atoms with E-state index in [1.54, 1.807) is 6.07 Å². The Morgan fingerprint density at radius 3 is 3.00 bits per heavy atom. The zero-order chi connectivity index (χ0) is 14.7. The average molecular weight is 344 g/mol. The molecule has 0 aromatic heterocycles. The number of amides is 1. The highest BCUT2D eigenvalue weighted by atomic mass is 79.9. The van der Waals surface area contributed by atoms with E-state index in [0.717, 1.165) is 12.8 Å². The van der Waals surface area contributed by atoms with E-state index in [4.69, 9.17) is 10.9 Å². The van der Waals surface area contributed by atoms with Crippen LogP contribution >= 0.6 is 15.9 Å². The Labute approximate surface area is 124 Å². The van der Waals surface area contributed by atoms with Crippen molar-refractivity contribution in [3.8, 4) is 0 Å². The molecule has 1 aliphatic heterocycles. The molecule has 1 aliphatic rings. The molecule has 0 spiro atoms. The lowest BCUT2D eigenvalue weighted by Gasteiger charge is -2.32. The number of rotatable bonds is 2. The third-order valence-corrected chi connectivity index (χ3v) is 3.89. The van der Waals surface area contributed by atoms with Crippen LogP contribution < -0.4 is 5.73 Å². The highest BCUT2D eigenvalue weighted by molar-refractivity contribution is 9.10. The molecule has 1 amide bonds. The normalized spacial score (nSPS) is 20.0. The summed E-state index contributed by atoms with van der Waals surface area (Å²) in [7, 11) is 0. The molecular formula is C13H15BrFN3O2. The highest BCUT2D eigenvalue weighted by Gasteiger charge is 2.28. The van der Waals surface area contributed by atoms with E-state index in [0.29, 0.717) is 17.6 Å². The van der Waals surface area contributed by atoms with Crippen molar-refractivity contribution < 1.29 is 14.4 Å². The van der Waals surface area contributed by atoms with Gasteiger partial charge < -0.3 is 15.8 Å². The molecule has 1 heterocycles. The van der Waals surface area contributed by atoms with Crippen LogP contribution in [-0.2, 0) is 0 Å². The van der Waals surface area contributed by atoms with E-state index < -0.39 is 5.82 Å². The number of piperidine rings is 1. The Morgan fingerprint density at radius 2 is 2.30 bits per heavy atom. The predicted octanol–water partition coefficient (Wildman–Crippen LogP) is 2.19. The van der Waals surface area contributed by atoms with E-state index in [2.05, 4.69) is 21.1 Å². The average Bonchev–Trinajstić information content (AvgIpc) is 2.48. The fourth-order valence-corrected chi connectivity index (χ4v) is 2.68. The summed E-state index contributed by atoms with van der Waals surface area (Å²) in [5.41, 5.74) is 5.61. The Hall–Kier alpha value is -1.63. The summed E-state index contributed by atoms with van der Waals surface area (Å²) in [6, 6.07) is 4.26. The first-order chi connectivity index (χ1) is 9.52. The molecule has 1 atom stereocenters. The van der Waals surface area contributed by atoms with Gasteiger partial charge in [-0.15, -0.1) is 0 Å². The number of likely N-dealkylation sites (tertiary alicyclic amines) is 1. The zero-order valence-electron chi connectivity index (χ0n) is 10.7. The minimum Gasteiger partial charge on any atom is -0.409 e. The van der Waals surface area contributed by atoms with Crippen LogP contribution in [-0.4, -0.2) is 34.9 Å². The number of nitrogens with two attached hydrogens (primary N) is 1. The summed E-state index contributed by atoms with van der Waals surface area (Å²) < 4.78 is 14.4. The maximum absolute atomic E-state index is 13.7. The van der Waals surface area contributed by atoms with Crippen molar-refractivity contribution in [1.29, 1.82) is 0 Å². The van der Waals surface area contributed by atoms with Crippen LogP contribution in [0.4, 0.5) is 4.39 Å². The van der Waals surface area contributed by atoms with Gasteiger partial charge in [0, 0.05) is 23.5 Å². The number of benzene rings is 1. The summed E-state index contributed by atoms with van der Waals surface area (Å²) >= 11 is 3.23. The Bertz CT molecular complexity index is 550. The fraction of sp³-hybridized carbons (Fsp3) is 0.385. The fourth-order valence-electron chi connectivity index (χ4n) is 2.32. The molecule has 108 valence electrons. The first-order valence-corrected chi connectivity index (χ1v) is 7.04. The number of amidine groups is 1. The first-order valence-electron chi connectivity index (χ1n) is 6.24. The Balaban J connectivity index is 2.18. The lowest BCUT2D eigenvalue weighted by Crippen LogP contribution is -2.44. The van der Waals surface area contributed by atoms with Crippen LogP contribution in [0.1, 0.15) is 23.2 Å². The SMILES string of the molecule is NC(=NO)C1CCCN(C(=O)c2cc(Br)ccc2F)C1. The van der Waals surface area contributed by atoms with Gasteiger partial charge in [0.15, 0.2) is 0 Å². The maximum atomic E-state index is 13.7. The second-order valence-corrected chi connectivity index (χ2v) is 5.66. The van der Waals surface area contributed by atoms with Gasteiger partial charge in [-0.25, -0.2) is 4.39 Å². The molecule has 2 rings (SSSR count). The van der Waals surface area contributed by atoms with Gasteiger partial charge in [0.05, 0.1) is 5.56 Å². The van der Waals surface area contributed by atoms with Gasteiger partial charge in [0.25, 0.3) is 5.91 Å². The van der Waals surface area contributed by atoms with E-state index in [1.165, 1.54) is 17.0 Å². The Morgan fingerprint density at radius 1 is 1.55 bits per heavy atom. The molecule has 3 N–H and O–H groups in total. The smallest absolute Gasteiger partial charge is 0.256 e. The molecule has 1 fully saturated rings. The van der Waals surface area contributed by atoms with E-state index in [9.17, 15) is 9.18 Å². The molecule has 1 saturated heterocycles. The minimum absolute atomic E-state index is 0.0273. The molecule has 20 heavy (non-hydrogen) atoms. The second kappa shape index (κ2) is 6.21. The van der Waals surface area contributed by atoms with Gasteiger partial charge in [0.2, 0.25) is 0 Å². The quantitative estimate of drug-likeness (QED) is 0.374. The zero-order valence-corrected chi connectivity index (χ0v) is 12.3. The van der Waals surface area contributed by atoms with Crippen LogP contribution in [0.25, 0.3) is 0 Å². The predicted molar refractivity (Wildman–Crippen MR) is 76.1 cm³/mol. The maximum Gasteiger partial charge on any atom is 0.256 e. The van der Waals surface area contributed by atoms with Gasteiger partial charge in [-0.2, -0.15) is 0 Å². The summed E-state index contributed by atoms with van der Waals surface area (Å²) in [6.45, 7) is 0.876. The van der Waals surface area contributed by atoms with E-state index >= 15 is 0 Å². The van der Waals surface area contributed by atoms with Crippen molar-refractivity contribution in [2.24, 2.45) is 16.8 Å². The number of carbonyl (C=O) groups excluding carboxylic acids is 1. The van der Waals surface area contributed by atoms with Crippen molar-refractivity contribution in [3.63, 3.8) is 0 Å². The lowest BCUT2D eigenvalue weighted by molar-refractivity contribution is 0.0696. The van der Waals surface area contributed by atoms with E-state index in [1.807, 2.05) is 0 Å². The molecule has 0 saturated carbocycles. The molecule has 1 aromatic carbocycles. The molecule has 0 radical (unpaired) electrons. The molecular weight excluding hydrogens is 329 g/mol. The number of nitrogens with zero attached hydrogens (tertiary/aromatic N) is 2. The lowest BCUT2D eigenvalue weighted by atomic mass is 9.96. The third kappa shape index (κ3) is 3.09. The number of oxime groups is 1. The van der Waals surface area contributed by atoms with Crippen LogP contribution in [0.3, 0.4) is 0 Å². The van der Waals surface area contributed by atoms with Crippen molar-refractivity contribution >= 4 is 27.7 Å². The van der Waals surface area contributed by atoms with Crippen molar-refractivity contribution in [2.45, 2.75) is 12.8 Å². The molecule has 1 unspecified atom stereocenters. The number of carbonyl (C=O) groups is 1. The molecule has 0 aliphatic carbocycles. The first kappa shape index (κ1) is 14.8. The topological polar surface area (TPSA) is 78.9 Å². The monoisotopic (exact) mass is 343 g/mol. The third-order valence-electron chi connectivity index (χ3n) is 3.40. The summed E-state index contributed by atoms with van der Waals surface area (Å²) in [5.74, 6) is -1.01. The van der Waals surface area contributed by atoms with E-state index in [-0.39, 0.29) is 23.2 Å². The molecule has 1 aromatic rings. The van der Waals surface area contributed by atoms with Gasteiger partial charge >= 0.3 is 0 Å². The molecule has 0 bridgehead atoms. The number of hydrogen-bond acceptors (Lipinski definition) is 3. The standard InChI is InChI=1S/C13H15BrFN3O2/c14-9-3-4-11(15)10(6-9)13(19)18-5-1-2-8(7-18)12(16)17-20/h3-4,6,8,20H,1-2,5,7H2,(H2,16,17). The number of hydrogen-bond donors (Lipinski definition) is 2. The van der Waals surface area contributed by atoms with Crippen molar-refractivity contribution in [2.75, 3.05) is 13.1 Å². The summed E-state index contributed by atoms with van der Waals surface area (Å²) in [6.07, 6.45) is 1.49. The molecule has 7 heteroatoms. The Kier molecular flexibility index (Phi) is 4.59. The number of halogens is 2. The largest absolute Gasteiger partial charge is 0.409 e. The minimum atomic E-state index is -0.552.